The monoisotopic (exact) mass is 288 g/mol. The van der Waals surface area contributed by atoms with E-state index >= 15 is 0 Å². The third kappa shape index (κ3) is 3.67. The zero-order valence-corrected chi connectivity index (χ0v) is 12.1. The summed E-state index contributed by atoms with van der Waals surface area (Å²) in [5, 5.41) is 0. The normalized spacial score (nSPS) is 17.7. The van der Waals surface area contributed by atoms with Gasteiger partial charge in [-0.25, -0.2) is 0 Å². The van der Waals surface area contributed by atoms with Crippen molar-refractivity contribution in [3.05, 3.63) is 24.3 Å². The number of nitrogens with two attached hydrogens (primary N) is 1. The molecule has 1 heterocycles. The van der Waals surface area contributed by atoms with Crippen LogP contribution in [0.15, 0.2) is 24.3 Å². The summed E-state index contributed by atoms with van der Waals surface area (Å²) in [6, 6.07) is 6.83. The number of hydrogen-bond donors (Lipinski definition) is 1. The summed E-state index contributed by atoms with van der Waals surface area (Å²) in [4.78, 5) is 13.8. The number of rotatable bonds is 5. The molecular weight excluding hydrogens is 268 g/mol. The predicted octanol–water partition coefficient (Wildman–Crippen LogP) is 1.03. The molecule has 0 spiro atoms. The van der Waals surface area contributed by atoms with Crippen LogP contribution in [-0.2, 0) is 4.79 Å². The molecule has 0 radical (unpaired) electrons. The molecule has 2 rings (SSSR count). The van der Waals surface area contributed by atoms with E-state index in [1.54, 1.807) is 4.90 Å². The molecule has 2 atom stereocenters. The minimum Gasteiger partial charge on any atom is -0.486 e. The zero-order valence-electron chi connectivity index (χ0n) is 12.1. The fourth-order valence-electron chi connectivity index (χ4n) is 2.22. The fraction of sp³-hybridized carbons (Fsp3) is 0.438. The van der Waals surface area contributed by atoms with E-state index in [1.807, 2.05) is 31.2 Å². The number of hydrogen-bond acceptors (Lipinski definition) is 4. The number of carbonyl (C=O) groups excluding carboxylic acids is 1. The van der Waals surface area contributed by atoms with E-state index in [4.69, 9.17) is 21.6 Å². The topological polar surface area (TPSA) is 64.8 Å². The van der Waals surface area contributed by atoms with Crippen molar-refractivity contribution in [2.24, 2.45) is 5.73 Å². The Bertz CT molecular complexity index is 539. The lowest BCUT2D eigenvalue weighted by molar-refractivity contribution is -0.133. The van der Waals surface area contributed by atoms with Gasteiger partial charge in [0.25, 0.3) is 0 Å². The van der Waals surface area contributed by atoms with Crippen molar-refractivity contribution in [3.8, 4) is 23.8 Å². The smallest absolute Gasteiger partial charge is 0.240 e. The average Bonchev–Trinajstić information content (AvgIpc) is 2.52. The number of nitrogens with zero attached hydrogens (tertiary/aromatic N) is 1. The van der Waals surface area contributed by atoms with E-state index in [9.17, 15) is 4.79 Å². The first kappa shape index (κ1) is 15.2. The minimum absolute atomic E-state index is 0.155. The van der Waals surface area contributed by atoms with Gasteiger partial charge in [-0.2, -0.15) is 0 Å². The van der Waals surface area contributed by atoms with E-state index in [0.717, 1.165) is 5.75 Å². The van der Waals surface area contributed by atoms with Crippen LogP contribution < -0.4 is 15.2 Å². The summed E-state index contributed by atoms with van der Waals surface area (Å²) in [6.45, 7) is 3.30. The summed E-state index contributed by atoms with van der Waals surface area (Å²) < 4.78 is 11.5. The molecule has 1 aromatic carbocycles. The Hall–Kier alpha value is -2.19. The molecule has 0 aromatic heterocycles. The number of terminal acetylenes is 1. The number of fused-ring (bicyclic) bond motifs is 1. The molecule has 0 aliphatic carbocycles. The van der Waals surface area contributed by atoms with Crippen molar-refractivity contribution in [1.82, 2.24) is 4.90 Å². The lowest BCUT2D eigenvalue weighted by atomic mass is 10.2. The highest BCUT2D eigenvalue weighted by Gasteiger charge is 2.26. The molecule has 5 heteroatoms. The number of carbonyl (C=O) groups is 1. The molecule has 2 N–H and O–H groups in total. The van der Waals surface area contributed by atoms with Gasteiger partial charge in [0.05, 0.1) is 12.6 Å². The maximum atomic E-state index is 12.2. The molecule has 1 aliphatic rings. The number of ether oxygens (including phenoxy) is 2. The molecule has 0 saturated heterocycles. The second kappa shape index (κ2) is 7.00. The Balaban J connectivity index is 1.97. The van der Waals surface area contributed by atoms with E-state index in [0.29, 0.717) is 25.4 Å². The van der Waals surface area contributed by atoms with Gasteiger partial charge in [0.15, 0.2) is 17.6 Å². The highest BCUT2D eigenvalue weighted by atomic mass is 16.6. The predicted molar refractivity (Wildman–Crippen MR) is 80.0 cm³/mol. The Labute approximate surface area is 125 Å². The van der Waals surface area contributed by atoms with Crippen LogP contribution in [0.2, 0.25) is 0 Å². The van der Waals surface area contributed by atoms with Crippen LogP contribution in [-0.4, -0.2) is 42.6 Å². The molecule has 21 heavy (non-hydrogen) atoms. The molecule has 0 fully saturated rings. The van der Waals surface area contributed by atoms with Gasteiger partial charge in [-0.1, -0.05) is 12.1 Å². The van der Waals surface area contributed by atoms with Crippen LogP contribution in [0.4, 0.5) is 0 Å². The first-order chi connectivity index (χ1) is 10.2. The van der Waals surface area contributed by atoms with Gasteiger partial charge in [-0.05, 0) is 19.1 Å². The minimum atomic E-state index is -0.660. The van der Waals surface area contributed by atoms with E-state index in [2.05, 4.69) is 5.92 Å². The van der Waals surface area contributed by atoms with E-state index in [1.165, 1.54) is 0 Å². The van der Waals surface area contributed by atoms with Crippen LogP contribution >= 0.6 is 0 Å². The standard InChI is InChI=1S/C16H20N2O3/c1-3-7-13(17)16(19)18(4-2)10-12-11-20-14-8-5-6-9-15(14)21-12/h1,5-6,8-9,12-13H,4,7,10-11,17H2,2H3. The van der Waals surface area contributed by atoms with Crippen molar-refractivity contribution in [1.29, 1.82) is 0 Å². The summed E-state index contributed by atoms with van der Waals surface area (Å²) in [5.41, 5.74) is 5.78. The summed E-state index contributed by atoms with van der Waals surface area (Å²) in [6.07, 6.45) is 5.23. The maximum absolute atomic E-state index is 12.2. The maximum Gasteiger partial charge on any atom is 0.240 e. The second-order valence-corrected chi connectivity index (χ2v) is 4.89. The van der Waals surface area contributed by atoms with Crippen molar-refractivity contribution >= 4 is 5.91 Å². The second-order valence-electron chi connectivity index (χ2n) is 4.89. The molecule has 1 amide bonds. The van der Waals surface area contributed by atoms with Crippen LogP contribution in [0.1, 0.15) is 13.3 Å². The van der Waals surface area contributed by atoms with Crippen LogP contribution in [0, 0.1) is 12.3 Å². The van der Waals surface area contributed by atoms with Gasteiger partial charge in [0.2, 0.25) is 5.91 Å². The zero-order chi connectivity index (χ0) is 15.2. The summed E-state index contributed by atoms with van der Waals surface area (Å²) in [5.74, 6) is 3.69. The first-order valence-corrected chi connectivity index (χ1v) is 7.02. The molecule has 2 unspecified atom stereocenters. The molecule has 1 aliphatic heterocycles. The number of amides is 1. The lowest BCUT2D eigenvalue weighted by Gasteiger charge is -2.31. The third-order valence-electron chi connectivity index (χ3n) is 3.34. The molecular formula is C16H20N2O3. The van der Waals surface area contributed by atoms with Gasteiger partial charge in [0.1, 0.15) is 6.61 Å². The summed E-state index contributed by atoms with van der Waals surface area (Å²) >= 11 is 0. The highest BCUT2D eigenvalue weighted by molar-refractivity contribution is 5.82. The van der Waals surface area contributed by atoms with Crippen molar-refractivity contribution in [2.75, 3.05) is 19.7 Å². The largest absolute Gasteiger partial charge is 0.486 e. The number of para-hydroxylation sites is 2. The van der Waals surface area contributed by atoms with Crippen molar-refractivity contribution in [3.63, 3.8) is 0 Å². The van der Waals surface area contributed by atoms with Crippen LogP contribution in [0.25, 0.3) is 0 Å². The molecule has 5 nitrogen and oxygen atoms in total. The van der Waals surface area contributed by atoms with Crippen molar-refractivity contribution in [2.45, 2.75) is 25.5 Å². The molecule has 0 saturated carbocycles. The van der Waals surface area contributed by atoms with Gasteiger partial charge >= 0.3 is 0 Å². The number of benzene rings is 1. The third-order valence-corrected chi connectivity index (χ3v) is 3.34. The van der Waals surface area contributed by atoms with Crippen LogP contribution in [0.3, 0.4) is 0 Å². The average molecular weight is 288 g/mol. The fourth-order valence-corrected chi connectivity index (χ4v) is 2.22. The lowest BCUT2D eigenvalue weighted by Crippen LogP contribution is -2.49. The molecule has 112 valence electrons. The Morgan fingerprint density at radius 2 is 2.24 bits per heavy atom. The highest BCUT2D eigenvalue weighted by Crippen LogP contribution is 2.31. The molecule has 1 aromatic rings. The Morgan fingerprint density at radius 1 is 1.52 bits per heavy atom. The summed E-state index contributed by atoms with van der Waals surface area (Å²) in [7, 11) is 0. The quantitative estimate of drug-likeness (QED) is 0.822. The van der Waals surface area contributed by atoms with E-state index < -0.39 is 6.04 Å². The van der Waals surface area contributed by atoms with Gasteiger partial charge < -0.3 is 20.1 Å². The first-order valence-electron chi connectivity index (χ1n) is 7.02. The number of likely N-dealkylation sites (N-methyl/N-ethyl adjacent to an activating group) is 1. The Kier molecular flexibility index (Phi) is 5.07. The molecule has 0 bridgehead atoms. The van der Waals surface area contributed by atoms with E-state index in [-0.39, 0.29) is 18.4 Å². The van der Waals surface area contributed by atoms with Crippen LogP contribution in [0.5, 0.6) is 11.5 Å². The van der Waals surface area contributed by atoms with Crippen molar-refractivity contribution < 1.29 is 14.3 Å². The van der Waals surface area contributed by atoms with Gasteiger partial charge in [0, 0.05) is 13.0 Å². The Morgan fingerprint density at radius 3 is 2.90 bits per heavy atom. The SMILES string of the molecule is C#CCC(N)C(=O)N(CC)CC1COc2ccccc2O1. The van der Waals surface area contributed by atoms with Gasteiger partial charge in [-0.15, -0.1) is 12.3 Å². The van der Waals surface area contributed by atoms with Gasteiger partial charge in [-0.3, -0.25) is 4.79 Å².